The minimum Gasteiger partial charge on any atom is -0.338 e. The molecule has 0 spiro atoms. The number of nitrogens with zero attached hydrogens (tertiary/aromatic N) is 6. The highest BCUT2D eigenvalue weighted by atomic mass is 32.2. The van der Waals surface area contributed by atoms with E-state index in [0.717, 1.165) is 18.4 Å². The maximum Gasteiger partial charge on any atom is 0.262 e. The van der Waals surface area contributed by atoms with E-state index in [1.807, 2.05) is 49.4 Å². The Balaban J connectivity index is 1.85. The van der Waals surface area contributed by atoms with Gasteiger partial charge in [0.1, 0.15) is 0 Å². The first kappa shape index (κ1) is 17.7. The van der Waals surface area contributed by atoms with Crippen LogP contribution in [0.25, 0.3) is 16.7 Å². The first-order valence-corrected chi connectivity index (χ1v) is 9.87. The SMILES string of the molecule is CCCn1c(=O)c2ccccc2n2c(SC(C)c3nc(CC)no3)nnc12. The van der Waals surface area contributed by atoms with Crippen LogP contribution in [-0.4, -0.2) is 29.3 Å². The van der Waals surface area contributed by atoms with Crippen molar-refractivity contribution in [3.8, 4) is 0 Å². The Hall–Kier alpha value is -2.68. The Labute approximate surface area is 159 Å². The standard InChI is InChI=1S/C18H20N6O2S/c1-4-10-23-16(25)12-8-6-7-9-13(12)24-17(23)20-21-18(24)27-11(3)15-19-14(5-2)22-26-15/h6-9,11H,4-5,10H2,1-3H3. The van der Waals surface area contributed by atoms with E-state index in [-0.39, 0.29) is 10.8 Å². The summed E-state index contributed by atoms with van der Waals surface area (Å²) in [7, 11) is 0. The van der Waals surface area contributed by atoms with Gasteiger partial charge in [0.25, 0.3) is 5.56 Å². The number of hydrogen-bond donors (Lipinski definition) is 0. The Morgan fingerprint density at radius 1 is 1.22 bits per heavy atom. The van der Waals surface area contributed by atoms with Crippen molar-refractivity contribution in [2.45, 2.75) is 50.6 Å². The van der Waals surface area contributed by atoms with Crippen molar-refractivity contribution < 1.29 is 4.52 Å². The largest absolute Gasteiger partial charge is 0.338 e. The summed E-state index contributed by atoms with van der Waals surface area (Å²) in [5, 5.41) is 13.9. The van der Waals surface area contributed by atoms with Crippen LogP contribution in [0, 0.1) is 0 Å². The fourth-order valence-electron chi connectivity index (χ4n) is 3.02. The van der Waals surface area contributed by atoms with E-state index in [9.17, 15) is 4.79 Å². The second-order valence-electron chi connectivity index (χ2n) is 6.25. The number of benzene rings is 1. The molecule has 1 atom stereocenters. The first-order chi connectivity index (χ1) is 13.1. The third-order valence-corrected chi connectivity index (χ3v) is 5.39. The average Bonchev–Trinajstić information content (AvgIpc) is 3.32. The molecule has 27 heavy (non-hydrogen) atoms. The van der Waals surface area contributed by atoms with E-state index in [0.29, 0.717) is 34.6 Å². The quantitative estimate of drug-likeness (QED) is 0.471. The number of aryl methyl sites for hydroxylation is 2. The molecule has 1 unspecified atom stereocenters. The maximum atomic E-state index is 12.9. The van der Waals surface area contributed by atoms with Gasteiger partial charge in [-0.15, -0.1) is 10.2 Å². The van der Waals surface area contributed by atoms with Gasteiger partial charge in [0.2, 0.25) is 11.7 Å². The zero-order valence-electron chi connectivity index (χ0n) is 15.4. The van der Waals surface area contributed by atoms with Gasteiger partial charge < -0.3 is 4.52 Å². The molecule has 3 aromatic heterocycles. The lowest BCUT2D eigenvalue weighted by molar-refractivity contribution is 0.375. The molecule has 0 fully saturated rings. The Bertz CT molecular complexity index is 1160. The van der Waals surface area contributed by atoms with Gasteiger partial charge in [0.15, 0.2) is 11.0 Å². The summed E-state index contributed by atoms with van der Waals surface area (Å²) in [6.07, 6.45) is 1.56. The molecular weight excluding hydrogens is 364 g/mol. The van der Waals surface area contributed by atoms with Crippen LogP contribution in [-0.2, 0) is 13.0 Å². The summed E-state index contributed by atoms with van der Waals surface area (Å²) in [4.78, 5) is 17.3. The molecule has 0 N–H and O–H groups in total. The highest BCUT2D eigenvalue weighted by molar-refractivity contribution is 7.99. The fraction of sp³-hybridized carbons (Fsp3) is 0.389. The van der Waals surface area contributed by atoms with Gasteiger partial charge in [-0.3, -0.25) is 13.8 Å². The highest BCUT2D eigenvalue weighted by Crippen LogP contribution is 2.33. The van der Waals surface area contributed by atoms with E-state index in [4.69, 9.17) is 4.52 Å². The number of hydrogen-bond acceptors (Lipinski definition) is 7. The smallest absolute Gasteiger partial charge is 0.262 e. The molecule has 1 aromatic carbocycles. The molecule has 4 rings (SSSR count). The Morgan fingerprint density at radius 2 is 2.04 bits per heavy atom. The minimum atomic E-state index is -0.0875. The molecule has 140 valence electrons. The van der Waals surface area contributed by atoms with E-state index in [2.05, 4.69) is 20.3 Å². The van der Waals surface area contributed by atoms with Gasteiger partial charge >= 0.3 is 0 Å². The number of thioether (sulfide) groups is 1. The summed E-state index contributed by atoms with van der Waals surface area (Å²) in [5.41, 5.74) is 0.755. The molecule has 9 heteroatoms. The van der Waals surface area contributed by atoms with Crippen LogP contribution in [0.2, 0.25) is 0 Å². The summed E-state index contributed by atoms with van der Waals surface area (Å²) >= 11 is 1.48. The molecule has 8 nitrogen and oxygen atoms in total. The van der Waals surface area contributed by atoms with Gasteiger partial charge in [-0.1, -0.05) is 42.9 Å². The monoisotopic (exact) mass is 384 g/mol. The summed E-state index contributed by atoms with van der Waals surface area (Å²) < 4.78 is 8.97. The lowest BCUT2D eigenvalue weighted by Gasteiger charge is -2.11. The topological polar surface area (TPSA) is 91.1 Å². The van der Waals surface area contributed by atoms with Crippen LogP contribution in [0.1, 0.15) is 44.2 Å². The van der Waals surface area contributed by atoms with Crippen molar-refractivity contribution in [2.24, 2.45) is 0 Å². The molecule has 0 aliphatic heterocycles. The van der Waals surface area contributed by atoms with Crippen molar-refractivity contribution in [2.75, 3.05) is 0 Å². The van der Waals surface area contributed by atoms with Gasteiger partial charge in [-0.2, -0.15) is 4.98 Å². The fourth-order valence-corrected chi connectivity index (χ4v) is 3.91. The van der Waals surface area contributed by atoms with Gasteiger partial charge in [0, 0.05) is 13.0 Å². The zero-order valence-corrected chi connectivity index (χ0v) is 16.2. The van der Waals surface area contributed by atoms with Crippen molar-refractivity contribution in [1.29, 1.82) is 0 Å². The third kappa shape index (κ3) is 3.01. The average molecular weight is 384 g/mol. The number of fused-ring (bicyclic) bond motifs is 3. The molecule has 0 bridgehead atoms. The maximum absolute atomic E-state index is 12.9. The number of aromatic nitrogens is 6. The van der Waals surface area contributed by atoms with Crippen LogP contribution in [0.3, 0.4) is 0 Å². The predicted molar refractivity (Wildman–Crippen MR) is 103 cm³/mol. The first-order valence-electron chi connectivity index (χ1n) is 8.99. The molecule has 0 radical (unpaired) electrons. The van der Waals surface area contributed by atoms with Crippen LogP contribution < -0.4 is 5.56 Å². The second-order valence-corrected chi connectivity index (χ2v) is 7.56. The summed E-state index contributed by atoms with van der Waals surface area (Å²) in [6, 6.07) is 7.54. The van der Waals surface area contributed by atoms with E-state index >= 15 is 0 Å². The van der Waals surface area contributed by atoms with E-state index in [1.165, 1.54) is 11.8 Å². The van der Waals surface area contributed by atoms with Crippen LogP contribution in [0.5, 0.6) is 0 Å². The molecule has 3 heterocycles. The van der Waals surface area contributed by atoms with Crippen molar-refractivity contribution in [3.05, 3.63) is 46.3 Å². The van der Waals surface area contributed by atoms with Gasteiger partial charge in [0.05, 0.1) is 16.2 Å². The van der Waals surface area contributed by atoms with E-state index < -0.39 is 0 Å². The van der Waals surface area contributed by atoms with Gasteiger partial charge in [-0.05, 0) is 25.5 Å². The van der Waals surface area contributed by atoms with Crippen LogP contribution in [0.15, 0.2) is 38.7 Å². The summed E-state index contributed by atoms with van der Waals surface area (Å²) in [5.74, 6) is 1.79. The van der Waals surface area contributed by atoms with Crippen LogP contribution in [0.4, 0.5) is 0 Å². The Morgan fingerprint density at radius 3 is 2.78 bits per heavy atom. The molecule has 4 aromatic rings. The van der Waals surface area contributed by atoms with Gasteiger partial charge in [-0.25, -0.2) is 0 Å². The number of para-hydroxylation sites is 1. The lowest BCUT2D eigenvalue weighted by atomic mass is 10.2. The summed E-state index contributed by atoms with van der Waals surface area (Å²) in [6.45, 7) is 6.60. The normalized spacial score (nSPS) is 12.9. The molecule has 0 aliphatic carbocycles. The molecule has 0 saturated heterocycles. The van der Waals surface area contributed by atoms with Crippen molar-refractivity contribution >= 4 is 28.4 Å². The minimum absolute atomic E-state index is 0.0403. The molecule has 0 amide bonds. The highest BCUT2D eigenvalue weighted by Gasteiger charge is 2.21. The lowest BCUT2D eigenvalue weighted by Crippen LogP contribution is -2.23. The second kappa shape index (κ2) is 7.15. The Kier molecular flexibility index (Phi) is 4.69. The van der Waals surface area contributed by atoms with Crippen molar-refractivity contribution in [1.82, 2.24) is 29.3 Å². The van der Waals surface area contributed by atoms with Crippen molar-refractivity contribution in [3.63, 3.8) is 0 Å². The number of rotatable bonds is 6. The molecular formula is C18H20N6O2S. The zero-order chi connectivity index (χ0) is 19.0. The predicted octanol–water partition coefficient (Wildman–Crippen LogP) is 3.25. The third-order valence-electron chi connectivity index (χ3n) is 4.36. The molecule has 0 aliphatic rings. The molecule has 0 saturated carbocycles. The van der Waals surface area contributed by atoms with Crippen LogP contribution >= 0.6 is 11.8 Å². The van der Waals surface area contributed by atoms with E-state index in [1.54, 1.807) is 4.57 Å².